The Hall–Kier alpha value is -0.870. The van der Waals surface area contributed by atoms with Gasteiger partial charge in [-0.2, -0.15) is 0 Å². The van der Waals surface area contributed by atoms with E-state index in [1.165, 1.54) is 10.4 Å². The molecule has 0 radical (unpaired) electrons. The number of carbonyl (C=O) groups excluding carboxylic acids is 1. The van der Waals surface area contributed by atoms with E-state index in [4.69, 9.17) is 0 Å². The number of hydrogen-bond donors (Lipinski definition) is 2. The first-order chi connectivity index (χ1) is 8.09. The van der Waals surface area contributed by atoms with Crippen LogP contribution in [0.25, 0.3) is 0 Å². The Morgan fingerprint density at radius 3 is 2.82 bits per heavy atom. The normalized spacial score (nSPS) is 10.8. The predicted molar refractivity (Wildman–Crippen MR) is 73.2 cm³/mol. The summed E-state index contributed by atoms with van der Waals surface area (Å²) in [5.41, 5.74) is 1.33. The molecule has 0 unspecified atom stereocenters. The second-order valence-electron chi connectivity index (χ2n) is 4.65. The predicted octanol–water partition coefficient (Wildman–Crippen LogP) is 2.31. The van der Waals surface area contributed by atoms with Gasteiger partial charge >= 0.3 is 0 Å². The molecule has 96 valence electrons. The van der Waals surface area contributed by atoms with Crippen molar-refractivity contribution in [1.29, 1.82) is 0 Å². The standard InChI is InChI=1S/C13H22N2OS/c1-10(2)8-15-13(16)4-6-14-9-12-11(3)5-7-17-12/h5,7,10,14H,4,6,8-9H2,1-3H3,(H,15,16). The van der Waals surface area contributed by atoms with Crippen LogP contribution in [-0.4, -0.2) is 19.0 Å². The van der Waals surface area contributed by atoms with Gasteiger partial charge in [0.1, 0.15) is 0 Å². The smallest absolute Gasteiger partial charge is 0.221 e. The second-order valence-corrected chi connectivity index (χ2v) is 5.65. The molecule has 2 N–H and O–H groups in total. The summed E-state index contributed by atoms with van der Waals surface area (Å²) in [5, 5.41) is 8.31. The number of nitrogens with one attached hydrogen (secondary N) is 2. The first-order valence-electron chi connectivity index (χ1n) is 6.10. The van der Waals surface area contributed by atoms with Gasteiger partial charge in [-0.25, -0.2) is 0 Å². The Morgan fingerprint density at radius 1 is 1.47 bits per heavy atom. The molecule has 1 rings (SSSR count). The van der Waals surface area contributed by atoms with Crippen LogP contribution in [0.4, 0.5) is 0 Å². The summed E-state index contributed by atoms with van der Waals surface area (Å²) < 4.78 is 0. The molecule has 1 aromatic heterocycles. The molecule has 0 aliphatic rings. The maximum atomic E-state index is 11.4. The average Bonchev–Trinajstić information content (AvgIpc) is 2.68. The lowest BCUT2D eigenvalue weighted by molar-refractivity contribution is -0.121. The van der Waals surface area contributed by atoms with Gasteiger partial charge in [0.15, 0.2) is 0 Å². The summed E-state index contributed by atoms with van der Waals surface area (Å²) in [4.78, 5) is 12.8. The molecule has 0 saturated heterocycles. The number of aryl methyl sites for hydroxylation is 1. The molecule has 0 bridgehead atoms. The molecular formula is C13H22N2OS. The van der Waals surface area contributed by atoms with Gasteiger partial charge in [0.05, 0.1) is 0 Å². The van der Waals surface area contributed by atoms with Crippen molar-refractivity contribution in [2.24, 2.45) is 5.92 Å². The molecule has 0 aliphatic carbocycles. The van der Waals surface area contributed by atoms with Crippen molar-refractivity contribution in [3.05, 3.63) is 21.9 Å². The molecule has 1 heterocycles. The van der Waals surface area contributed by atoms with Crippen LogP contribution < -0.4 is 10.6 Å². The molecule has 0 fully saturated rings. The molecule has 17 heavy (non-hydrogen) atoms. The van der Waals surface area contributed by atoms with Gasteiger partial charge in [0, 0.05) is 30.9 Å². The zero-order valence-corrected chi connectivity index (χ0v) is 11.7. The molecule has 1 amide bonds. The number of hydrogen-bond acceptors (Lipinski definition) is 3. The van der Waals surface area contributed by atoms with E-state index in [2.05, 4.69) is 42.9 Å². The van der Waals surface area contributed by atoms with Crippen LogP contribution >= 0.6 is 11.3 Å². The Bertz CT molecular complexity index is 347. The van der Waals surface area contributed by atoms with Crippen molar-refractivity contribution in [1.82, 2.24) is 10.6 Å². The summed E-state index contributed by atoms with van der Waals surface area (Å²) in [6.45, 7) is 8.67. The fourth-order valence-corrected chi connectivity index (χ4v) is 2.27. The second kappa shape index (κ2) is 7.45. The van der Waals surface area contributed by atoms with Gasteiger partial charge < -0.3 is 10.6 Å². The monoisotopic (exact) mass is 254 g/mol. The molecule has 0 aliphatic heterocycles. The third-order valence-corrected chi connectivity index (χ3v) is 3.51. The van der Waals surface area contributed by atoms with Crippen molar-refractivity contribution in [3.8, 4) is 0 Å². The molecule has 0 spiro atoms. The highest BCUT2D eigenvalue weighted by molar-refractivity contribution is 7.10. The van der Waals surface area contributed by atoms with Gasteiger partial charge in [-0.3, -0.25) is 4.79 Å². The number of thiophene rings is 1. The van der Waals surface area contributed by atoms with Crippen molar-refractivity contribution in [2.75, 3.05) is 13.1 Å². The molecule has 1 aromatic rings. The Kier molecular flexibility index (Phi) is 6.22. The number of amides is 1. The maximum Gasteiger partial charge on any atom is 0.221 e. The quantitative estimate of drug-likeness (QED) is 0.733. The highest BCUT2D eigenvalue weighted by Crippen LogP contribution is 2.14. The molecule has 4 heteroatoms. The van der Waals surface area contributed by atoms with Crippen LogP contribution in [0.2, 0.25) is 0 Å². The SMILES string of the molecule is Cc1ccsc1CNCCC(=O)NCC(C)C. The maximum absolute atomic E-state index is 11.4. The number of carbonyl (C=O) groups is 1. The Balaban J connectivity index is 2.08. The van der Waals surface area contributed by atoms with Crippen molar-refractivity contribution in [2.45, 2.75) is 33.7 Å². The van der Waals surface area contributed by atoms with Gasteiger partial charge in [0.25, 0.3) is 0 Å². The molecule has 0 aromatic carbocycles. The third-order valence-electron chi connectivity index (χ3n) is 2.49. The minimum absolute atomic E-state index is 0.133. The average molecular weight is 254 g/mol. The lowest BCUT2D eigenvalue weighted by atomic mass is 10.2. The van der Waals surface area contributed by atoms with Gasteiger partial charge in [-0.05, 0) is 29.9 Å². The summed E-state index contributed by atoms with van der Waals surface area (Å²) >= 11 is 1.76. The fraction of sp³-hybridized carbons (Fsp3) is 0.615. The summed E-state index contributed by atoms with van der Waals surface area (Å²) in [6.07, 6.45) is 0.553. The first-order valence-corrected chi connectivity index (χ1v) is 6.98. The van der Waals surface area contributed by atoms with E-state index < -0.39 is 0 Å². The van der Waals surface area contributed by atoms with Crippen LogP contribution in [0, 0.1) is 12.8 Å². The van der Waals surface area contributed by atoms with E-state index in [-0.39, 0.29) is 5.91 Å². The summed E-state index contributed by atoms with van der Waals surface area (Å²) in [5.74, 6) is 0.648. The zero-order valence-electron chi connectivity index (χ0n) is 10.9. The van der Waals surface area contributed by atoms with Crippen LogP contribution in [0.5, 0.6) is 0 Å². The van der Waals surface area contributed by atoms with E-state index in [1.807, 2.05) is 0 Å². The fourth-order valence-electron chi connectivity index (χ4n) is 1.40. The highest BCUT2D eigenvalue weighted by Gasteiger charge is 2.03. The molecule has 3 nitrogen and oxygen atoms in total. The van der Waals surface area contributed by atoms with Crippen LogP contribution in [0.3, 0.4) is 0 Å². The van der Waals surface area contributed by atoms with E-state index in [0.29, 0.717) is 12.3 Å². The Morgan fingerprint density at radius 2 is 2.24 bits per heavy atom. The topological polar surface area (TPSA) is 41.1 Å². The van der Waals surface area contributed by atoms with Crippen LogP contribution in [0.15, 0.2) is 11.4 Å². The zero-order chi connectivity index (χ0) is 12.7. The highest BCUT2D eigenvalue weighted by atomic mass is 32.1. The first kappa shape index (κ1) is 14.2. The lowest BCUT2D eigenvalue weighted by Gasteiger charge is -2.08. The lowest BCUT2D eigenvalue weighted by Crippen LogP contribution is -2.30. The van der Waals surface area contributed by atoms with Gasteiger partial charge in [0.2, 0.25) is 5.91 Å². The van der Waals surface area contributed by atoms with Crippen LogP contribution in [-0.2, 0) is 11.3 Å². The van der Waals surface area contributed by atoms with Crippen LogP contribution in [0.1, 0.15) is 30.7 Å². The third kappa shape index (κ3) is 5.84. The van der Waals surface area contributed by atoms with Gasteiger partial charge in [-0.15, -0.1) is 11.3 Å². The largest absolute Gasteiger partial charge is 0.356 e. The van der Waals surface area contributed by atoms with E-state index in [0.717, 1.165) is 19.6 Å². The van der Waals surface area contributed by atoms with Gasteiger partial charge in [-0.1, -0.05) is 13.8 Å². The van der Waals surface area contributed by atoms with Crippen molar-refractivity contribution in [3.63, 3.8) is 0 Å². The van der Waals surface area contributed by atoms with E-state index >= 15 is 0 Å². The van der Waals surface area contributed by atoms with Crippen molar-refractivity contribution < 1.29 is 4.79 Å². The van der Waals surface area contributed by atoms with Crippen molar-refractivity contribution >= 4 is 17.2 Å². The number of rotatable bonds is 7. The summed E-state index contributed by atoms with van der Waals surface area (Å²) in [6, 6.07) is 2.12. The Labute approximate surface area is 108 Å². The van der Waals surface area contributed by atoms with E-state index in [1.54, 1.807) is 11.3 Å². The minimum atomic E-state index is 0.133. The molecular weight excluding hydrogens is 232 g/mol. The summed E-state index contributed by atoms with van der Waals surface area (Å²) in [7, 11) is 0. The minimum Gasteiger partial charge on any atom is -0.356 e. The van der Waals surface area contributed by atoms with E-state index in [9.17, 15) is 4.79 Å². The molecule has 0 saturated carbocycles. The molecule has 0 atom stereocenters.